The van der Waals surface area contributed by atoms with Crippen molar-refractivity contribution < 1.29 is 9.59 Å². The molecule has 2 heterocycles. The summed E-state index contributed by atoms with van der Waals surface area (Å²) in [6.07, 6.45) is 6.68. The summed E-state index contributed by atoms with van der Waals surface area (Å²) in [5.74, 6) is 0.566. The van der Waals surface area contributed by atoms with Crippen LogP contribution in [0.4, 0.5) is 0 Å². The third-order valence-electron chi connectivity index (χ3n) is 5.77. The van der Waals surface area contributed by atoms with Gasteiger partial charge in [-0.25, -0.2) is 4.68 Å². The van der Waals surface area contributed by atoms with E-state index in [0.29, 0.717) is 24.1 Å². The highest BCUT2D eigenvalue weighted by atomic mass is 16.2. The van der Waals surface area contributed by atoms with Gasteiger partial charge in [0.05, 0.1) is 12.2 Å². The molecule has 1 unspecified atom stereocenters. The second kappa shape index (κ2) is 6.77. The third-order valence-corrected chi connectivity index (χ3v) is 5.77. The molecule has 0 bridgehead atoms. The Morgan fingerprint density at radius 2 is 1.96 bits per heavy atom. The van der Waals surface area contributed by atoms with Crippen molar-refractivity contribution in [3.8, 4) is 0 Å². The Hall–Kier alpha value is -1.92. The molecule has 2 aliphatic rings. The van der Waals surface area contributed by atoms with E-state index in [4.69, 9.17) is 0 Å². The van der Waals surface area contributed by atoms with E-state index in [2.05, 4.69) is 24.2 Å². The highest BCUT2D eigenvalue weighted by Gasteiger charge is 2.50. The maximum absolute atomic E-state index is 12.3. The van der Waals surface area contributed by atoms with E-state index in [9.17, 15) is 9.59 Å². The van der Waals surface area contributed by atoms with Gasteiger partial charge in [-0.2, -0.15) is 0 Å². The number of nitrogens with zero attached hydrogens (tertiary/aromatic N) is 5. The standard InChI is InChI=1S/C18H29N5O2/c1-13(2)11-16(24)22-9-7-18(8-10-22)6-5-15(18)23-12-14(19-20-23)17(25)21(3)4/h12-13,15H,5-11H2,1-4H3. The van der Waals surface area contributed by atoms with Crippen LogP contribution in [0.3, 0.4) is 0 Å². The number of carbonyl (C=O) groups is 2. The summed E-state index contributed by atoms with van der Waals surface area (Å²) in [5, 5.41) is 8.27. The molecule has 1 aliphatic heterocycles. The molecular formula is C18H29N5O2. The van der Waals surface area contributed by atoms with Crippen molar-refractivity contribution >= 4 is 11.8 Å². The van der Waals surface area contributed by atoms with Crippen LogP contribution in [-0.2, 0) is 4.79 Å². The Morgan fingerprint density at radius 3 is 2.48 bits per heavy atom. The number of rotatable bonds is 4. The average molecular weight is 347 g/mol. The van der Waals surface area contributed by atoms with E-state index in [0.717, 1.165) is 32.4 Å². The van der Waals surface area contributed by atoms with Crippen LogP contribution in [0.2, 0.25) is 0 Å². The Morgan fingerprint density at radius 1 is 1.28 bits per heavy atom. The van der Waals surface area contributed by atoms with Gasteiger partial charge in [0.15, 0.2) is 5.69 Å². The molecule has 1 saturated heterocycles. The Balaban J connectivity index is 1.63. The second-order valence-corrected chi connectivity index (χ2v) is 8.18. The van der Waals surface area contributed by atoms with E-state index in [1.54, 1.807) is 20.3 Å². The predicted molar refractivity (Wildman–Crippen MR) is 94.0 cm³/mol. The van der Waals surface area contributed by atoms with Gasteiger partial charge in [0.1, 0.15) is 0 Å². The molecule has 2 fully saturated rings. The van der Waals surface area contributed by atoms with Crippen LogP contribution >= 0.6 is 0 Å². The molecule has 1 saturated carbocycles. The van der Waals surface area contributed by atoms with Crippen molar-refractivity contribution in [2.45, 2.75) is 52.0 Å². The maximum atomic E-state index is 12.3. The number of amides is 2. The Labute approximate surface area is 149 Å². The van der Waals surface area contributed by atoms with Gasteiger partial charge in [-0.3, -0.25) is 9.59 Å². The molecule has 1 aliphatic carbocycles. The summed E-state index contributed by atoms with van der Waals surface area (Å²) < 4.78 is 1.88. The first-order chi connectivity index (χ1) is 11.8. The minimum atomic E-state index is -0.117. The molecule has 7 nitrogen and oxygen atoms in total. The zero-order valence-corrected chi connectivity index (χ0v) is 15.7. The lowest BCUT2D eigenvalue weighted by Crippen LogP contribution is -2.51. The number of likely N-dealkylation sites (tertiary alicyclic amines) is 1. The maximum Gasteiger partial charge on any atom is 0.275 e. The lowest BCUT2D eigenvalue weighted by atomic mass is 9.59. The first-order valence-electron chi connectivity index (χ1n) is 9.24. The van der Waals surface area contributed by atoms with E-state index in [1.807, 2.05) is 9.58 Å². The second-order valence-electron chi connectivity index (χ2n) is 8.18. The first kappa shape index (κ1) is 17.9. The summed E-state index contributed by atoms with van der Waals surface area (Å²) in [7, 11) is 3.44. The van der Waals surface area contributed by atoms with Crippen LogP contribution in [0.25, 0.3) is 0 Å². The normalized spacial score (nSPS) is 22.1. The molecule has 138 valence electrons. The lowest BCUT2D eigenvalue weighted by Gasteiger charge is -2.53. The topological polar surface area (TPSA) is 71.3 Å². The largest absolute Gasteiger partial charge is 0.343 e. The molecule has 0 radical (unpaired) electrons. The van der Waals surface area contributed by atoms with E-state index in [-0.39, 0.29) is 17.2 Å². The minimum absolute atomic E-state index is 0.117. The SMILES string of the molecule is CC(C)CC(=O)N1CCC2(CCC2n2cc(C(=O)N(C)C)nn2)CC1. The molecule has 1 aromatic rings. The monoisotopic (exact) mass is 347 g/mol. The molecule has 25 heavy (non-hydrogen) atoms. The molecule has 1 aromatic heterocycles. The molecular weight excluding hydrogens is 318 g/mol. The van der Waals surface area contributed by atoms with Gasteiger partial charge in [0.2, 0.25) is 5.91 Å². The van der Waals surface area contributed by atoms with Crippen molar-refractivity contribution in [3.63, 3.8) is 0 Å². The van der Waals surface area contributed by atoms with Gasteiger partial charge in [-0.15, -0.1) is 5.10 Å². The molecule has 3 rings (SSSR count). The highest BCUT2D eigenvalue weighted by molar-refractivity contribution is 5.91. The number of aromatic nitrogens is 3. The molecule has 0 aromatic carbocycles. The first-order valence-corrected chi connectivity index (χ1v) is 9.24. The number of piperidine rings is 1. The van der Waals surface area contributed by atoms with Crippen LogP contribution in [-0.4, -0.2) is 63.8 Å². The van der Waals surface area contributed by atoms with Crippen LogP contribution in [0, 0.1) is 11.3 Å². The van der Waals surface area contributed by atoms with Gasteiger partial charge in [-0.1, -0.05) is 19.1 Å². The smallest absolute Gasteiger partial charge is 0.275 e. The lowest BCUT2D eigenvalue weighted by molar-refractivity contribution is -0.137. The van der Waals surface area contributed by atoms with Gasteiger partial charge >= 0.3 is 0 Å². The Kier molecular flexibility index (Phi) is 4.84. The van der Waals surface area contributed by atoms with Gasteiger partial charge in [-0.05, 0) is 37.0 Å². The quantitative estimate of drug-likeness (QED) is 0.835. The predicted octanol–water partition coefficient (Wildman–Crippen LogP) is 1.97. The molecule has 2 amide bonds. The summed E-state index contributed by atoms with van der Waals surface area (Å²) >= 11 is 0. The zero-order valence-electron chi connectivity index (χ0n) is 15.7. The summed E-state index contributed by atoms with van der Waals surface area (Å²) in [4.78, 5) is 27.8. The van der Waals surface area contributed by atoms with Crippen LogP contribution in [0.1, 0.15) is 62.5 Å². The molecule has 0 N–H and O–H groups in total. The zero-order chi connectivity index (χ0) is 18.2. The number of hydrogen-bond donors (Lipinski definition) is 0. The Bertz CT molecular complexity index is 644. The summed E-state index contributed by atoms with van der Waals surface area (Å²) in [5.41, 5.74) is 0.609. The summed E-state index contributed by atoms with van der Waals surface area (Å²) in [6.45, 7) is 5.84. The molecule has 1 spiro atoms. The van der Waals surface area contributed by atoms with Crippen molar-refractivity contribution in [1.29, 1.82) is 0 Å². The van der Waals surface area contributed by atoms with Crippen LogP contribution in [0.5, 0.6) is 0 Å². The van der Waals surface area contributed by atoms with E-state index < -0.39 is 0 Å². The van der Waals surface area contributed by atoms with Crippen molar-refractivity contribution in [1.82, 2.24) is 24.8 Å². The van der Waals surface area contributed by atoms with Crippen LogP contribution in [0.15, 0.2) is 6.20 Å². The fourth-order valence-electron chi connectivity index (χ4n) is 4.11. The van der Waals surface area contributed by atoms with Crippen molar-refractivity contribution in [2.24, 2.45) is 11.3 Å². The number of hydrogen-bond acceptors (Lipinski definition) is 4. The average Bonchev–Trinajstić information content (AvgIpc) is 3.01. The minimum Gasteiger partial charge on any atom is -0.343 e. The highest BCUT2D eigenvalue weighted by Crippen LogP contribution is 2.56. The third kappa shape index (κ3) is 3.41. The van der Waals surface area contributed by atoms with Crippen molar-refractivity contribution in [2.75, 3.05) is 27.2 Å². The van der Waals surface area contributed by atoms with E-state index in [1.165, 1.54) is 11.3 Å². The molecule has 1 atom stereocenters. The number of carbonyl (C=O) groups excluding carboxylic acids is 2. The summed E-state index contributed by atoms with van der Waals surface area (Å²) in [6, 6.07) is 0.297. The fourth-order valence-corrected chi connectivity index (χ4v) is 4.11. The van der Waals surface area contributed by atoms with Crippen molar-refractivity contribution in [3.05, 3.63) is 11.9 Å². The fraction of sp³-hybridized carbons (Fsp3) is 0.778. The van der Waals surface area contributed by atoms with Gasteiger partial charge in [0, 0.05) is 33.6 Å². The van der Waals surface area contributed by atoms with Gasteiger partial charge < -0.3 is 9.80 Å². The van der Waals surface area contributed by atoms with Crippen LogP contribution < -0.4 is 0 Å². The molecule has 7 heteroatoms. The van der Waals surface area contributed by atoms with E-state index >= 15 is 0 Å². The van der Waals surface area contributed by atoms with Gasteiger partial charge in [0.25, 0.3) is 5.91 Å².